The zero-order valence-corrected chi connectivity index (χ0v) is 15.5. The second-order valence-electron chi connectivity index (χ2n) is 6.44. The van der Waals surface area contributed by atoms with E-state index < -0.39 is 26.9 Å². The molecular formula is C21H22O4S. The van der Waals surface area contributed by atoms with E-state index in [4.69, 9.17) is 4.74 Å². The summed E-state index contributed by atoms with van der Waals surface area (Å²) in [5.74, 6) is -1.42. The summed E-state index contributed by atoms with van der Waals surface area (Å²) >= 11 is 0. The summed E-state index contributed by atoms with van der Waals surface area (Å²) in [6, 6.07) is 17.6. The summed E-state index contributed by atoms with van der Waals surface area (Å²) in [6.07, 6.45) is 0.315. The highest BCUT2D eigenvalue weighted by Gasteiger charge is 2.50. The minimum Gasteiger partial charge on any atom is -0.466 e. The third-order valence-electron chi connectivity index (χ3n) is 4.82. The van der Waals surface area contributed by atoms with E-state index in [9.17, 15) is 13.2 Å². The topological polar surface area (TPSA) is 60.4 Å². The highest BCUT2D eigenvalue weighted by Crippen LogP contribution is 2.48. The Kier molecular flexibility index (Phi) is 5.28. The molecule has 26 heavy (non-hydrogen) atoms. The maximum Gasteiger partial charge on any atom is 0.309 e. The Hall–Kier alpha value is -2.40. The first kappa shape index (κ1) is 18.4. The maximum atomic E-state index is 13.3. The molecule has 0 saturated heterocycles. The fourth-order valence-corrected chi connectivity index (χ4v) is 5.82. The van der Waals surface area contributed by atoms with Crippen LogP contribution in [0.4, 0.5) is 0 Å². The molecule has 3 atom stereocenters. The molecule has 1 aliphatic carbocycles. The average molecular weight is 370 g/mol. The van der Waals surface area contributed by atoms with Crippen LogP contribution in [0.15, 0.2) is 77.7 Å². The zero-order valence-electron chi connectivity index (χ0n) is 14.7. The number of hydrogen-bond acceptors (Lipinski definition) is 4. The van der Waals surface area contributed by atoms with Crippen molar-refractivity contribution in [1.82, 2.24) is 0 Å². The van der Waals surface area contributed by atoms with Crippen LogP contribution in [0.25, 0.3) is 0 Å². The first-order chi connectivity index (χ1) is 12.5. The normalized spacial score (nSPS) is 23.0. The number of benzene rings is 2. The van der Waals surface area contributed by atoms with Crippen molar-refractivity contribution in [2.24, 2.45) is 5.92 Å². The minimum absolute atomic E-state index is 0.247. The van der Waals surface area contributed by atoms with Crippen LogP contribution in [-0.4, -0.2) is 26.2 Å². The van der Waals surface area contributed by atoms with E-state index in [1.54, 1.807) is 37.3 Å². The number of sulfone groups is 1. The molecule has 0 radical (unpaired) electrons. The Morgan fingerprint density at radius 1 is 1.08 bits per heavy atom. The van der Waals surface area contributed by atoms with Crippen LogP contribution >= 0.6 is 0 Å². The van der Waals surface area contributed by atoms with Crippen LogP contribution in [0.5, 0.6) is 0 Å². The Morgan fingerprint density at radius 3 is 2.23 bits per heavy atom. The third kappa shape index (κ3) is 3.31. The fraction of sp³-hybridized carbons (Fsp3) is 0.286. The lowest BCUT2D eigenvalue weighted by Gasteiger charge is -2.24. The van der Waals surface area contributed by atoms with Crippen LogP contribution in [0.3, 0.4) is 0 Å². The smallest absolute Gasteiger partial charge is 0.309 e. The van der Waals surface area contributed by atoms with Crippen molar-refractivity contribution in [3.8, 4) is 0 Å². The molecule has 0 unspecified atom stereocenters. The van der Waals surface area contributed by atoms with Crippen molar-refractivity contribution >= 4 is 15.8 Å². The van der Waals surface area contributed by atoms with Gasteiger partial charge in [0.05, 0.1) is 22.7 Å². The molecule has 1 aliphatic rings. The lowest BCUT2D eigenvalue weighted by Crippen LogP contribution is -2.30. The van der Waals surface area contributed by atoms with E-state index in [0.717, 1.165) is 5.56 Å². The van der Waals surface area contributed by atoms with Crippen molar-refractivity contribution in [1.29, 1.82) is 0 Å². The summed E-state index contributed by atoms with van der Waals surface area (Å²) < 4.78 is 31.9. The highest BCUT2D eigenvalue weighted by atomic mass is 32.2. The van der Waals surface area contributed by atoms with Crippen molar-refractivity contribution in [3.63, 3.8) is 0 Å². The summed E-state index contributed by atoms with van der Waals surface area (Å²) in [6.45, 7) is 6.02. The number of esters is 1. The van der Waals surface area contributed by atoms with Gasteiger partial charge in [-0.05, 0) is 31.0 Å². The molecule has 4 nitrogen and oxygen atoms in total. The Morgan fingerprint density at radius 2 is 1.65 bits per heavy atom. The number of ether oxygens (including phenoxy) is 1. The molecule has 0 spiro atoms. The maximum absolute atomic E-state index is 13.3. The molecular weight excluding hydrogens is 348 g/mol. The van der Waals surface area contributed by atoms with Gasteiger partial charge in [0.25, 0.3) is 0 Å². The molecule has 0 aromatic heterocycles. The molecule has 1 fully saturated rings. The van der Waals surface area contributed by atoms with Gasteiger partial charge in [-0.25, -0.2) is 8.42 Å². The molecule has 3 rings (SSSR count). The molecule has 1 saturated carbocycles. The van der Waals surface area contributed by atoms with E-state index in [1.807, 2.05) is 30.3 Å². The van der Waals surface area contributed by atoms with Gasteiger partial charge in [0.15, 0.2) is 9.84 Å². The van der Waals surface area contributed by atoms with Crippen molar-refractivity contribution in [2.75, 3.05) is 6.61 Å². The Balaban J connectivity index is 2.10. The van der Waals surface area contributed by atoms with Crippen LogP contribution < -0.4 is 0 Å². The van der Waals surface area contributed by atoms with Gasteiger partial charge >= 0.3 is 5.97 Å². The minimum atomic E-state index is -3.67. The predicted molar refractivity (Wildman–Crippen MR) is 100 cm³/mol. The second kappa shape index (κ2) is 7.46. The van der Waals surface area contributed by atoms with Gasteiger partial charge in [-0.3, -0.25) is 4.79 Å². The molecule has 0 bridgehead atoms. The molecule has 0 amide bonds. The van der Waals surface area contributed by atoms with Gasteiger partial charge in [0, 0.05) is 5.92 Å². The number of hydrogen-bond donors (Lipinski definition) is 0. The van der Waals surface area contributed by atoms with Crippen LogP contribution in [0.2, 0.25) is 0 Å². The van der Waals surface area contributed by atoms with Gasteiger partial charge in [-0.15, -0.1) is 0 Å². The van der Waals surface area contributed by atoms with E-state index in [1.165, 1.54) is 0 Å². The quantitative estimate of drug-likeness (QED) is 0.594. The van der Waals surface area contributed by atoms with Crippen molar-refractivity contribution in [3.05, 3.63) is 78.4 Å². The zero-order chi connectivity index (χ0) is 18.7. The summed E-state index contributed by atoms with van der Waals surface area (Å²) in [7, 11) is -3.67. The number of carbonyl (C=O) groups is 1. The van der Waals surface area contributed by atoms with Gasteiger partial charge in [0.2, 0.25) is 0 Å². The SMILES string of the molecule is C=C1C[C@@H](C(=O)OCC)[C@H](c2ccccc2)[C@H]1S(=O)(=O)c1ccccc1. The summed E-state index contributed by atoms with van der Waals surface area (Å²) in [4.78, 5) is 12.8. The monoisotopic (exact) mass is 370 g/mol. The van der Waals surface area contributed by atoms with Gasteiger partial charge in [0.1, 0.15) is 0 Å². The molecule has 0 heterocycles. The van der Waals surface area contributed by atoms with Crippen molar-refractivity contribution < 1.29 is 17.9 Å². The van der Waals surface area contributed by atoms with Gasteiger partial charge in [-0.2, -0.15) is 0 Å². The predicted octanol–water partition coefficient (Wildman–Crippen LogP) is 3.75. The second-order valence-corrected chi connectivity index (χ2v) is 8.51. The highest BCUT2D eigenvalue weighted by molar-refractivity contribution is 7.92. The third-order valence-corrected chi connectivity index (χ3v) is 7.05. The lowest BCUT2D eigenvalue weighted by molar-refractivity contribution is -0.148. The molecule has 0 aliphatic heterocycles. The summed E-state index contributed by atoms with van der Waals surface area (Å²) in [5, 5.41) is -0.846. The van der Waals surface area contributed by atoms with E-state index >= 15 is 0 Å². The van der Waals surface area contributed by atoms with Crippen LogP contribution in [0, 0.1) is 5.92 Å². The first-order valence-corrected chi connectivity index (χ1v) is 10.2. The first-order valence-electron chi connectivity index (χ1n) is 8.65. The molecule has 136 valence electrons. The van der Waals surface area contributed by atoms with Gasteiger partial charge in [-0.1, -0.05) is 60.7 Å². The molecule has 0 N–H and O–H groups in total. The number of carbonyl (C=O) groups excluding carboxylic acids is 1. The standard InChI is InChI=1S/C21H22O4S/c1-3-25-21(22)18-14-15(2)20(19(18)16-10-6-4-7-11-16)26(23,24)17-12-8-5-9-13-17/h4-13,18-20H,2-3,14H2,1H3/t18-,19+,20+/m1/s1. The average Bonchev–Trinajstić information content (AvgIpc) is 3.01. The lowest BCUT2D eigenvalue weighted by atomic mass is 9.89. The van der Waals surface area contributed by atoms with E-state index in [2.05, 4.69) is 6.58 Å². The molecule has 5 heteroatoms. The van der Waals surface area contributed by atoms with Crippen LogP contribution in [0.1, 0.15) is 24.8 Å². The van der Waals surface area contributed by atoms with Crippen LogP contribution in [-0.2, 0) is 19.4 Å². The van der Waals surface area contributed by atoms with E-state index in [0.29, 0.717) is 12.0 Å². The number of rotatable bonds is 5. The summed E-state index contributed by atoms with van der Waals surface area (Å²) in [5.41, 5.74) is 1.37. The molecule has 2 aromatic carbocycles. The Labute approximate surface area is 154 Å². The van der Waals surface area contributed by atoms with Crippen molar-refractivity contribution in [2.45, 2.75) is 29.4 Å². The van der Waals surface area contributed by atoms with E-state index in [-0.39, 0.29) is 17.5 Å². The largest absolute Gasteiger partial charge is 0.466 e. The van der Waals surface area contributed by atoms with Gasteiger partial charge < -0.3 is 4.74 Å². The fourth-order valence-electron chi connectivity index (χ4n) is 3.72. The molecule has 2 aromatic rings. The Bertz CT molecular complexity index is 888.